The maximum absolute atomic E-state index is 12.1. The van der Waals surface area contributed by atoms with Gasteiger partial charge in [0.25, 0.3) is 0 Å². The number of amides is 1. The van der Waals surface area contributed by atoms with E-state index in [1.807, 2.05) is 6.92 Å². The van der Waals surface area contributed by atoms with E-state index in [1.165, 1.54) is 6.26 Å². The summed E-state index contributed by atoms with van der Waals surface area (Å²) >= 11 is 5.83. The van der Waals surface area contributed by atoms with E-state index in [4.69, 9.17) is 16.0 Å². The lowest BCUT2D eigenvalue weighted by atomic mass is 9.99. The molecule has 6 nitrogen and oxygen atoms in total. The van der Waals surface area contributed by atoms with Gasteiger partial charge < -0.3 is 14.8 Å². The van der Waals surface area contributed by atoms with Crippen LogP contribution in [0.25, 0.3) is 11.5 Å². The minimum Gasteiger partial charge on any atom is -0.480 e. The lowest BCUT2D eigenvalue weighted by Crippen LogP contribution is -2.45. The monoisotopic (exact) mass is 350 g/mol. The van der Waals surface area contributed by atoms with Gasteiger partial charge in [0.05, 0.1) is 12.1 Å². The normalized spacial score (nSPS) is 13.3. The summed E-state index contributed by atoms with van der Waals surface area (Å²) in [5, 5.41) is 12.3. The van der Waals surface area contributed by atoms with Gasteiger partial charge in [-0.1, -0.05) is 31.9 Å². The van der Waals surface area contributed by atoms with Crippen LogP contribution in [0, 0.1) is 5.92 Å². The van der Waals surface area contributed by atoms with Crippen molar-refractivity contribution in [1.29, 1.82) is 0 Å². The van der Waals surface area contributed by atoms with Crippen LogP contribution < -0.4 is 5.32 Å². The number of aliphatic carboxylic acids is 1. The molecule has 0 spiro atoms. The number of nitrogens with zero attached hydrogens (tertiary/aromatic N) is 1. The standard InChI is InChI=1S/C17H19ClN2O4/c1-3-10(2)15(17(22)23)20-14(21)8-13-9-24-16(19-13)11-4-6-12(18)7-5-11/h4-7,9-10,15H,3,8H2,1-2H3,(H,20,21)(H,22,23). The van der Waals surface area contributed by atoms with Gasteiger partial charge in [0.15, 0.2) is 0 Å². The Morgan fingerprint density at radius 2 is 2.00 bits per heavy atom. The van der Waals surface area contributed by atoms with Crippen molar-refractivity contribution in [3.05, 3.63) is 41.2 Å². The summed E-state index contributed by atoms with van der Waals surface area (Å²) < 4.78 is 5.36. The van der Waals surface area contributed by atoms with Crippen LogP contribution in [0.3, 0.4) is 0 Å². The third kappa shape index (κ3) is 4.58. The number of hydrogen-bond donors (Lipinski definition) is 2. The van der Waals surface area contributed by atoms with E-state index >= 15 is 0 Å². The van der Waals surface area contributed by atoms with Gasteiger partial charge in [0.2, 0.25) is 11.8 Å². The number of carbonyl (C=O) groups excluding carboxylic acids is 1. The number of hydrogen-bond acceptors (Lipinski definition) is 4. The zero-order valence-electron chi connectivity index (χ0n) is 13.5. The van der Waals surface area contributed by atoms with Crippen LogP contribution in [-0.2, 0) is 16.0 Å². The van der Waals surface area contributed by atoms with Gasteiger partial charge in [-0.25, -0.2) is 9.78 Å². The summed E-state index contributed by atoms with van der Waals surface area (Å²) in [6, 6.07) is 6.06. The smallest absolute Gasteiger partial charge is 0.326 e. The highest BCUT2D eigenvalue weighted by Gasteiger charge is 2.25. The van der Waals surface area contributed by atoms with Gasteiger partial charge in [-0.05, 0) is 30.2 Å². The van der Waals surface area contributed by atoms with Gasteiger partial charge in [0.1, 0.15) is 12.3 Å². The molecule has 0 aliphatic rings. The Hall–Kier alpha value is -2.34. The fourth-order valence-corrected chi connectivity index (χ4v) is 2.31. The number of halogens is 1. The molecule has 2 atom stereocenters. The Bertz CT molecular complexity index is 712. The van der Waals surface area contributed by atoms with Gasteiger partial charge in [-0.15, -0.1) is 0 Å². The molecular weight excluding hydrogens is 332 g/mol. The Labute approximate surface area is 144 Å². The molecule has 128 valence electrons. The first-order valence-corrected chi connectivity index (χ1v) is 8.01. The van der Waals surface area contributed by atoms with Crippen LogP contribution in [0.2, 0.25) is 5.02 Å². The van der Waals surface area contributed by atoms with Crippen molar-refractivity contribution >= 4 is 23.5 Å². The third-order valence-electron chi connectivity index (χ3n) is 3.78. The molecule has 0 aliphatic carbocycles. The highest BCUT2D eigenvalue weighted by Crippen LogP contribution is 2.21. The number of oxazole rings is 1. The van der Waals surface area contributed by atoms with Gasteiger partial charge >= 0.3 is 5.97 Å². The molecule has 2 aromatic rings. The van der Waals surface area contributed by atoms with E-state index in [2.05, 4.69) is 10.3 Å². The van der Waals surface area contributed by atoms with Crippen molar-refractivity contribution < 1.29 is 19.1 Å². The van der Waals surface area contributed by atoms with Crippen molar-refractivity contribution in [2.75, 3.05) is 0 Å². The fourth-order valence-electron chi connectivity index (χ4n) is 2.19. The molecule has 1 aromatic heterocycles. The first-order chi connectivity index (χ1) is 11.4. The topological polar surface area (TPSA) is 92.4 Å². The average Bonchev–Trinajstić information content (AvgIpc) is 3.00. The van der Waals surface area contributed by atoms with Crippen LogP contribution >= 0.6 is 11.6 Å². The third-order valence-corrected chi connectivity index (χ3v) is 4.03. The highest BCUT2D eigenvalue weighted by molar-refractivity contribution is 6.30. The van der Waals surface area contributed by atoms with E-state index in [9.17, 15) is 14.7 Å². The number of carboxylic acids is 1. The second-order valence-electron chi connectivity index (χ2n) is 5.60. The predicted octanol–water partition coefficient (Wildman–Crippen LogP) is 3.15. The number of benzene rings is 1. The molecule has 0 saturated carbocycles. The fraction of sp³-hybridized carbons (Fsp3) is 0.353. The first-order valence-electron chi connectivity index (χ1n) is 7.63. The van der Waals surface area contributed by atoms with Crippen molar-refractivity contribution in [3.63, 3.8) is 0 Å². The van der Waals surface area contributed by atoms with Crippen molar-refractivity contribution in [2.45, 2.75) is 32.7 Å². The molecule has 0 bridgehead atoms. The lowest BCUT2D eigenvalue weighted by Gasteiger charge is -2.19. The predicted molar refractivity (Wildman–Crippen MR) is 89.7 cm³/mol. The van der Waals surface area contributed by atoms with Crippen LogP contribution in [0.1, 0.15) is 26.0 Å². The molecule has 2 unspecified atom stereocenters. The van der Waals surface area contributed by atoms with Gasteiger partial charge in [-0.3, -0.25) is 4.79 Å². The summed E-state index contributed by atoms with van der Waals surface area (Å²) in [6.45, 7) is 3.66. The van der Waals surface area contributed by atoms with E-state index in [0.717, 1.165) is 5.56 Å². The molecule has 1 aromatic carbocycles. The lowest BCUT2D eigenvalue weighted by molar-refractivity contribution is -0.143. The zero-order chi connectivity index (χ0) is 17.7. The molecule has 1 heterocycles. The molecule has 1 amide bonds. The summed E-state index contributed by atoms with van der Waals surface area (Å²) in [5.41, 5.74) is 1.18. The number of carboxylic acid groups (broad SMARTS) is 1. The first kappa shape index (κ1) is 18.0. The summed E-state index contributed by atoms with van der Waals surface area (Å²) in [6.07, 6.45) is 2.00. The number of rotatable bonds is 7. The molecule has 0 saturated heterocycles. The molecular formula is C17H19ClN2O4. The largest absolute Gasteiger partial charge is 0.480 e. The summed E-state index contributed by atoms with van der Waals surface area (Å²) in [5.74, 6) is -1.22. The molecule has 0 radical (unpaired) electrons. The van der Waals surface area contributed by atoms with Crippen molar-refractivity contribution in [1.82, 2.24) is 10.3 Å². The van der Waals surface area contributed by atoms with E-state index < -0.39 is 17.9 Å². The Morgan fingerprint density at radius 1 is 1.33 bits per heavy atom. The quantitative estimate of drug-likeness (QED) is 0.800. The summed E-state index contributed by atoms with van der Waals surface area (Å²) in [4.78, 5) is 27.6. The SMILES string of the molecule is CCC(C)C(NC(=O)Cc1coc(-c2ccc(Cl)cc2)n1)C(=O)O. The number of aromatic nitrogens is 1. The van der Waals surface area contributed by atoms with Crippen LogP contribution in [0.5, 0.6) is 0 Å². The minimum atomic E-state index is -1.04. The summed E-state index contributed by atoms with van der Waals surface area (Å²) in [7, 11) is 0. The minimum absolute atomic E-state index is 0.0443. The maximum Gasteiger partial charge on any atom is 0.326 e. The maximum atomic E-state index is 12.1. The van der Waals surface area contributed by atoms with Crippen molar-refractivity contribution in [3.8, 4) is 11.5 Å². The van der Waals surface area contributed by atoms with Gasteiger partial charge in [-0.2, -0.15) is 0 Å². The van der Waals surface area contributed by atoms with E-state index in [0.29, 0.717) is 23.0 Å². The van der Waals surface area contributed by atoms with E-state index in [1.54, 1.807) is 31.2 Å². The molecule has 0 aliphatic heterocycles. The second kappa shape index (κ2) is 7.97. The van der Waals surface area contributed by atoms with Gasteiger partial charge in [0, 0.05) is 10.6 Å². The van der Waals surface area contributed by atoms with Crippen molar-refractivity contribution in [2.24, 2.45) is 5.92 Å². The number of nitrogens with one attached hydrogen (secondary N) is 1. The highest BCUT2D eigenvalue weighted by atomic mass is 35.5. The Kier molecular flexibility index (Phi) is 5.98. The molecule has 0 fully saturated rings. The molecule has 7 heteroatoms. The second-order valence-corrected chi connectivity index (χ2v) is 6.03. The van der Waals surface area contributed by atoms with E-state index in [-0.39, 0.29) is 12.3 Å². The Morgan fingerprint density at radius 3 is 2.58 bits per heavy atom. The average molecular weight is 351 g/mol. The zero-order valence-corrected chi connectivity index (χ0v) is 14.2. The van der Waals surface area contributed by atoms with Crippen LogP contribution in [0.15, 0.2) is 34.9 Å². The molecule has 2 N–H and O–H groups in total. The number of carbonyl (C=O) groups is 2. The molecule has 24 heavy (non-hydrogen) atoms. The van der Waals surface area contributed by atoms with Crippen LogP contribution in [-0.4, -0.2) is 28.0 Å². The molecule has 2 rings (SSSR count). The Balaban J connectivity index is 2.02. The van der Waals surface area contributed by atoms with Crippen LogP contribution in [0.4, 0.5) is 0 Å².